The first kappa shape index (κ1) is 13.1. The minimum atomic E-state index is 0.775. The maximum atomic E-state index is 5.41. The van der Waals surface area contributed by atoms with E-state index in [4.69, 9.17) is 4.74 Å². The summed E-state index contributed by atoms with van der Waals surface area (Å²) >= 11 is 2.28. The smallest absolute Gasteiger partial charge is 0.128 e. The van der Waals surface area contributed by atoms with Gasteiger partial charge in [-0.05, 0) is 46.9 Å². The van der Waals surface area contributed by atoms with E-state index < -0.39 is 0 Å². The Kier molecular flexibility index (Phi) is 4.41. The molecule has 0 atom stereocenters. The van der Waals surface area contributed by atoms with Crippen LogP contribution >= 0.6 is 22.6 Å². The molecule has 1 aromatic carbocycles. The highest BCUT2D eigenvalue weighted by molar-refractivity contribution is 14.1. The van der Waals surface area contributed by atoms with Crippen molar-refractivity contribution < 1.29 is 4.74 Å². The normalized spacial score (nSPS) is 10.2. The standard InChI is InChI=1S/C14H15IN2O/c1-17(14-5-3-4-8-16-14)10-11-6-7-12(15)9-13(11)18-2/h3-9H,10H2,1-2H3. The average Bonchev–Trinajstić information content (AvgIpc) is 2.41. The lowest BCUT2D eigenvalue weighted by Gasteiger charge is -2.19. The van der Waals surface area contributed by atoms with Gasteiger partial charge in [0.05, 0.1) is 7.11 Å². The van der Waals surface area contributed by atoms with Crippen LogP contribution in [-0.2, 0) is 6.54 Å². The van der Waals surface area contributed by atoms with Gasteiger partial charge in [0.2, 0.25) is 0 Å². The molecule has 1 heterocycles. The molecule has 18 heavy (non-hydrogen) atoms. The monoisotopic (exact) mass is 354 g/mol. The van der Waals surface area contributed by atoms with E-state index in [1.807, 2.05) is 31.3 Å². The minimum absolute atomic E-state index is 0.775. The molecule has 0 bridgehead atoms. The molecule has 2 rings (SSSR count). The molecule has 3 nitrogen and oxygen atoms in total. The maximum absolute atomic E-state index is 5.41. The first-order valence-electron chi connectivity index (χ1n) is 5.65. The van der Waals surface area contributed by atoms with Crippen molar-refractivity contribution in [1.82, 2.24) is 4.98 Å². The number of benzene rings is 1. The summed E-state index contributed by atoms with van der Waals surface area (Å²) in [5.74, 6) is 1.88. The van der Waals surface area contributed by atoms with E-state index in [9.17, 15) is 0 Å². The van der Waals surface area contributed by atoms with Crippen molar-refractivity contribution in [3.63, 3.8) is 0 Å². The molecule has 4 heteroatoms. The van der Waals surface area contributed by atoms with Gasteiger partial charge in [-0.1, -0.05) is 12.1 Å². The van der Waals surface area contributed by atoms with Crippen molar-refractivity contribution in [2.75, 3.05) is 19.1 Å². The van der Waals surface area contributed by atoms with Crippen LogP contribution in [0.3, 0.4) is 0 Å². The Balaban J connectivity index is 2.19. The number of methoxy groups -OCH3 is 1. The molecule has 94 valence electrons. The summed E-state index contributed by atoms with van der Waals surface area (Å²) in [5, 5.41) is 0. The topological polar surface area (TPSA) is 25.4 Å². The van der Waals surface area contributed by atoms with Gasteiger partial charge in [0.25, 0.3) is 0 Å². The fraction of sp³-hybridized carbons (Fsp3) is 0.214. The highest BCUT2D eigenvalue weighted by Gasteiger charge is 2.08. The third-order valence-electron chi connectivity index (χ3n) is 2.70. The third kappa shape index (κ3) is 3.13. The lowest BCUT2D eigenvalue weighted by molar-refractivity contribution is 0.409. The Morgan fingerprint density at radius 1 is 1.28 bits per heavy atom. The van der Waals surface area contributed by atoms with Crippen LogP contribution in [0.15, 0.2) is 42.6 Å². The minimum Gasteiger partial charge on any atom is -0.496 e. The molecule has 0 aliphatic carbocycles. The van der Waals surface area contributed by atoms with Crippen molar-refractivity contribution >= 4 is 28.4 Å². The van der Waals surface area contributed by atoms with E-state index in [0.717, 1.165) is 23.7 Å². The van der Waals surface area contributed by atoms with E-state index in [0.29, 0.717) is 0 Å². The zero-order valence-electron chi connectivity index (χ0n) is 10.4. The van der Waals surface area contributed by atoms with E-state index in [2.05, 4.69) is 44.6 Å². The van der Waals surface area contributed by atoms with Crippen molar-refractivity contribution in [3.05, 3.63) is 51.7 Å². The number of halogens is 1. The number of ether oxygens (including phenoxy) is 1. The first-order valence-corrected chi connectivity index (χ1v) is 6.73. The quantitative estimate of drug-likeness (QED) is 0.788. The van der Waals surface area contributed by atoms with Crippen molar-refractivity contribution in [2.24, 2.45) is 0 Å². The van der Waals surface area contributed by atoms with E-state index >= 15 is 0 Å². The highest BCUT2D eigenvalue weighted by Crippen LogP contribution is 2.23. The predicted octanol–water partition coefficient (Wildman–Crippen LogP) is 3.33. The summed E-state index contributed by atoms with van der Waals surface area (Å²) in [6, 6.07) is 12.1. The highest BCUT2D eigenvalue weighted by atomic mass is 127. The molecule has 0 saturated heterocycles. The van der Waals surface area contributed by atoms with Crippen molar-refractivity contribution in [3.8, 4) is 5.75 Å². The largest absolute Gasteiger partial charge is 0.496 e. The van der Waals surface area contributed by atoms with E-state index in [1.165, 1.54) is 3.57 Å². The van der Waals surface area contributed by atoms with Gasteiger partial charge in [-0.2, -0.15) is 0 Å². The van der Waals surface area contributed by atoms with Crippen LogP contribution in [0.5, 0.6) is 5.75 Å². The fourth-order valence-electron chi connectivity index (χ4n) is 1.77. The van der Waals surface area contributed by atoms with Crippen molar-refractivity contribution in [2.45, 2.75) is 6.54 Å². The summed E-state index contributed by atoms with van der Waals surface area (Å²) in [7, 11) is 3.73. The van der Waals surface area contributed by atoms with Crippen LogP contribution in [0.1, 0.15) is 5.56 Å². The number of aromatic nitrogens is 1. The molecular weight excluding hydrogens is 339 g/mol. The molecule has 0 spiro atoms. The zero-order valence-corrected chi connectivity index (χ0v) is 12.6. The van der Waals surface area contributed by atoms with Crippen LogP contribution in [0.2, 0.25) is 0 Å². The van der Waals surface area contributed by atoms with Crippen LogP contribution in [-0.4, -0.2) is 19.1 Å². The number of hydrogen-bond acceptors (Lipinski definition) is 3. The fourth-order valence-corrected chi connectivity index (χ4v) is 2.23. The summed E-state index contributed by atoms with van der Waals surface area (Å²) in [4.78, 5) is 6.43. The Labute approximate surface area is 121 Å². The summed E-state index contributed by atoms with van der Waals surface area (Å²) < 4.78 is 6.59. The number of hydrogen-bond donors (Lipinski definition) is 0. The number of anilines is 1. The predicted molar refractivity (Wildman–Crippen MR) is 82.1 cm³/mol. The molecule has 0 fully saturated rings. The Morgan fingerprint density at radius 2 is 2.11 bits per heavy atom. The average molecular weight is 354 g/mol. The SMILES string of the molecule is COc1cc(I)ccc1CN(C)c1ccccn1. The van der Waals surface area contributed by atoms with Crippen LogP contribution in [0.25, 0.3) is 0 Å². The lowest BCUT2D eigenvalue weighted by Crippen LogP contribution is -2.17. The van der Waals surface area contributed by atoms with Crippen LogP contribution in [0, 0.1) is 3.57 Å². The first-order chi connectivity index (χ1) is 8.70. The molecule has 0 radical (unpaired) electrons. The maximum Gasteiger partial charge on any atom is 0.128 e. The van der Waals surface area contributed by atoms with E-state index in [1.54, 1.807) is 13.3 Å². The second-order valence-electron chi connectivity index (χ2n) is 4.00. The number of rotatable bonds is 4. The molecule has 2 aromatic rings. The molecule has 0 aliphatic rings. The van der Waals surface area contributed by atoms with Gasteiger partial charge in [0.15, 0.2) is 0 Å². The Morgan fingerprint density at radius 3 is 2.78 bits per heavy atom. The summed E-state index contributed by atoms with van der Waals surface area (Å²) in [6.45, 7) is 0.775. The number of nitrogens with zero attached hydrogens (tertiary/aromatic N) is 2. The molecule has 0 unspecified atom stereocenters. The molecule has 0 saturated carbocycles. The zero-order chi connectivity index (χ0) is 13.0. The van der Waals surface area contributed by atoms with Gasteiger partial charge in [-0.3, -0.25) is 0 Å². The number of pyridine rings is 1. The summed E-state index contributed by atoms with van der Waals surface area (Å²) in [5.41, 5.74) is 1.16. The molecule has 0 aliphatic heterocycles. The van der Waals surface area contributed by atoms with E-state index in [-0.39, 0.29) is 0 Å². The third-order valence-corrected chi connectivity index (χ3v) is 3.37. The van der Waals surface area contributed by atoms with Gasteiger partial charge in [0.1, 0.15) is 11.6 Å². The lowest BCUT2D eigenvalue weighted by atomic mass is 10.2. The van der Waals surface area contributed by atoms with Crippen LogP contribution in [0.4, 0.5) is 5.82 Å². The van der Waals surface area contributed by atoms with Gasteiger partial charge in [-0.15, -0.1) is 0 Å². The van der Waals surface area contributed by atoms with Gasteiger partial charge >= 0.3 is 0 Å². The molecule has 1 aromatic heterocycles. The molecule has 0 N–H and O–H groups in total. The van der Waals surface area contributed by atoms with Gasteiger partial charge in [-0.25, -0.2) is 4.98 Å². The van der Waals surface area contributed by atoms with Gasteiger partial charge < -0.3 is 9.64 Å². The van der Waals surface area contributed by atoms with Crippen molar-refractivity contribution in [1.29, 1.82) is 0 Å². The second-order valence-corrected chi connectivity index (χ2v) is 5.25. The Hall–Kier alpha value is -1.30. The Bertz CT molecular complexity index is 516. The van der Waals surface area contributed by atoms with Crippen LogP contribution < -0.4 is 9.64 Å². The van der Waals surface area contributed by atoms with Gasteiger partial charge in [0, 0.05) is 28.9 Å². The molecular formula is C14H15IN2O. The second kappa shape index (κ2) is 6.04. The molecule has 0 amide bonds. The summed E-state index contributed by atoms with van der Waals surface area (Å²) in [6.07, 6.45) is 1.80.